The highest BCUT2D eigenvalue weighted by molar-refractivity contribution is 5.21. The molecule has 0 spiro atoms. The van der Waals surface area contributed by atoms with Gasteiger partial charge in [-0.25, -0.2) is 0 Å². The lowest BCUT2D eigenvalue weighted by Crippen LogP contribution is -2.60. The molecule has 1 aromatic heterocycles. The molecule has 0 unspecified atom stereocenters. The van der Waals surface area contributed by atoms with Crippen LogP contribution in [-0.2, 0) is 6.54 Å². The Kier molecular flexibility index (Phi) is 5.73. The molecule has 2 N–H and O–H groups in total. The van der Waals surface area contributed by atoms with Crippen molar-refractivity contribution in [1.29, 1.82) is 5.26 Å². The van der Waals surface area contributed by atoms with Gasteiger partial charge in [0.2, 0.25) is 0 Å². The molecule has 4 aliphatic carbocycles. The van der Waals surface area contributed by atoms with Gasteiger partial charge < -0.3 is 10.2 Å². The molecule has 5 rings (SSSR count). The molecular formula is C28H43N3O2. The van der Waals surface area contributed by atoms with Gasteiger partial charge in [0.25, 0.3) is 0 Å². The number of nitrogens with zero attached hydrogens (tertiary/aromatic N) is 3. The number of hydrogen-bond acceptors (Lipinski definition) is 4. The second-order valence-electron chi connectivity index (χ2n) is 13.1. The van der Waals surface area contributed by atoms with Gasteiger partial charge in [-0.05, 0) is 112 Å². The Balaban J connectivity index is 1.39. The van der Waals surface area contributed by atoms with E-state index in [0.29, 0.717) is 29.9 Å². The zero-order chi connectivity index (χ0) is 23.6. The maximum absolute atomic E-state index is 11.8. The maximum atomic E-state index is 11.8. The molecule has 4 saturated carbocycles. The Morgan fingerprint density at radius 3 is 2.61 bits per heavy atom. The van der Waals surface area contributed by atoms with Gasteiger partial charge in [-0.3, -0.25) is 4.68 Å². The van der Waals surface area contributed by atoms with Gasteiger partial charge in [0.15, 0.2) is 0 Å². The average molecular weight is 454 g/mol. The first-order valence-corrected chi connectivity index (χ1v) is 13.4. The summed E-state index contributed by atoms with van der Waals surface area (Å²) in [5.41, 5.74) is -0.618. The summed E-state index contributed by atoms with van der Waals surface area (Å²) >= 11 is 0. The summed E-state index contributed by atoms with van der Waals surface area (Å²) in [5.74, 6) is 4.66. The first kappa shape index (κ1) is 23.4. The van der Waals surface area contributed by atoms with Crippen LogP contribution in [0.4, 0.5) is 0 Å². The Hall–Kier alpha value is -1.38. The molecule has 0 bridgehead atoms. The SMILES string of the molecule is C[C@@H]1CC[C@H]([C@](C)(O)Cn2cc(C#N)cn2)[C@@]2(C)CC[C@H]3[C@@H](CC[C@H]4C[C@](C)(O)CC[C@@H]43)[C@H]12. The van der Waals surface area contributed by atoms with E-state index in [0.717, 1.165) is 37.0 Å². The fraction of sp³-hybridized carbons (Fsp3) is 0.857. The van der Waals surface area contributed by atoms with Crippen LogP contribution in [0.3, 0.4) is 0 Å². The first-order chi connectivity index (χ1) is 15.5. The molecule has 0 radical (unpaired) electrons. The van der Waals surface area contributed by atoms with E-state index in [9.17, 15) is 10.2 Å². The predicted octanol–water partition coefficient (Wildman–Crippen LogP) is 5.16. The molecule has 1 heterocycles. The summed E-state index contributed by atoms with van der Waals surface area (Å²) in [4.78, 5) is 0. The predicted molar refractivity (Wildman–Crippen MR) is 128 cm³/mol. The molecule has 10 atom stereocenters. The van der Waals surface area contributed by atoms with Gasteiger partial charge in [0, 0.05) is 6.20 Å². The van der Waals surface area contributed by atoms with Crippen LogP contribution >= 0.6 is 0 Å². The third-order valence-electron chi connectivity index (χ3n) is 10.8. The smallest absolute Gasteiger partial charge is 0.102 e. The van der Waals surface area contributed by atoms with Crippen molar-refractivity contribution in [3.05, 3.63) is 18.0 Å². The largest absolute Gasteiger partial charge is 0.390 e. The average Bonchev–Trinajstić information content (AvgIpc) is 3.18. The van der Waals surface area contributed by atoms with Crippen LogP contribution in [0.5, 0.6) is 0 Å². The Morgan fingerprint density at radius 1 is 1.12 bits per heavy atom. The lowest BCUT2D eigenvalue weighted by Gasteiger charge is -2.64. The lowest BCUT2D eigenvalue weighted by atomic mass is 9.41. The van der Waals surface area contributed by atoms with Crippen molar-refractivity contribution in [2.45, 2.75) is 103 Å². The molecule has 0 amide bonds. The monoisotopic (exact) mass is 453 g/mol. The van der Waals surface area contributed by atoms with Gasteiger partial charge in [-0.1, -0.05) is 20.3 Å². The molecule has 4 fully saturated rings. The lowest BCUT2D eigenvalue weighted by molar-refractivity contribution is -0.184. The Labute approximate surface area is 199 Å². The van der Waals surface area contributed by atoms with Crippen molar-refractivity contribution in [3.63, 3.8) is 0 Å². The van der Waals surface area contributed by atoms with Crippen molar-refractivity contribution in [3.8, 4) is 6.07 Å². The normalized spacial score (nSPS) is 46.9. The minimum atomic E-state index is -0.848. The van der Waals surface area contributed by atoms with Gasteiger partial charge >= 0.3 is 0 Å². The highest BCUT2D eigenvalue weighted by atomic mass is 16.3. The highest BCUT2D eigenvalue weighted by Crippen LogP contribution is 2.65. The van der Waals surface area contributed by atoms with Gasteiger partial charge in [-0.15, -0.1) is 0 Å². The quantitative estimate of drug-likeness (QED) is 0.662. The van der Waals surface area contributed by atoms with Crippen molar-refractivity contribution < 1.29 is 10.2 Å². The van der Waals surface area contributed by atoms with Crippen molar-refractivity contribution >= 4 is 0 Å². The summed E-state index contributed by atoms with van der Waals surface area (Å²) < 4.78 is 1.76. The number of aliphatic hydroxyl groups is 2. The molecule has 33 heavy (non-hydrogen) atoms. The highest BCUT2D eigenvalue weighted by Gasteiger charge is 2.60. The summed E-state index contributed by atoms with van der Waals surface area (Å²) in [7, 11) is 0. The standard InChI is InChI=1S/C28H43N3O2/c1-18-5-8-24(28(4,33)17-31-16-19(14-29)15-30-31)27(3)12-10-22-21-9-11-26(2,32)13-20(21)6-7-23(22)25(18)27/h15-16,18,20-25,32-33H,5-13,17H2,1-4H3/t18-,20+,21+,22-,23-,24+,25+,26-,27-,28-/m1/s1. The van der Waals surface area contributed by atoms with E-state index in [1.165, 1.54) is 38.5 Å². The van der Waals surface area contributed by atoms with Crippen LogP contribution < -0.4 is 0 Å². The van der Waals surface area contributed by atoms with Crippen LogP contribution in [0.25, 0.3) is 0 Å². The Bertz CT molecular complexity index is 914. The number of rotatable bonds is 3. The summed E-state index contributed by atoms with van der Waals surface area (Å²) in [5, 5.41) is 36.0. The third kappa shape index (κ3) is 3.96. The zero-order valence-corrected chi connectivity index (χ0v) is 21.0. The minimum Gasteiger partial charge on any atom is -0.390 e. The third-order valence-corrected chi connectivity index (χ3v) is 10.8. The number of hydrogen-bond donors (Lipinski definition) is 2. The molecule has 182 valence electrons. The van der Waals surface area contributed by atoms with E-state index in [1.807, 2.05) is 13.8 Å². The summed E-state index contributed by atoms with van der Waals surface area (Å²) in [6.45, 7) is 9.47. The van der Waals surface area contributed by atoms with Crippen molar-refractivity contribution in [2.75, 3.05) is 0 Å². The second kappa shape index (κ2) is 8.09. The molecule has 0 saturated heterocycles. The van der Waals surface area contributed by atoms with Crippen LogP contribution in [-0.4, -0.2) is 31.2 Å². The zero-order valence-electron chi connectivity index (χ0n) is 21.0. The van der Waals surface area contributed by atoms with Gasteiger partial charge in [0.1, 0.15) is 6.07 Å². The van der Waals surface area contributed by atoms with E-state index in [2.05, 4.69) is 25.0 Å². The van der Waals surface area contributed by atoms with E-state index in [1.54, 1.807) is 17.1 Å². The Morgan fingerprint density at radius 2 is 1.88 bits per heavy atom. The van der Waals surface area contributed by atoms with E-state index in [4.69, 9.17) is 5.26 Å². The molecule has 0 aromatic carbocycles. The molecule has 5 heteroatoms. The second-order valence-corrected chi connectivity index (χ2v) is 13.1. The topological polar surface area (TPSA) is 82.1 Å². The van der Waals surface area contributed by atoms with E-state index < -0.39 is 11.2 Å². The molecule has 4 aliphatic rings. The summed E-state index contributed by atoms with van der Waals surface area (Å²) in [6, 6.07) is 2.15. The van der Waals surface area contributed by atoms with Crippen molar-refractivity contribution in [1.82, 2.24) is 9.78 Å². The van der Waals surface area contributed by atoms with Crippen molar-refractivity contribution in [2.24, 2.45) is 46.8 Å². The fourth-order valence-corrected chi connectivity index (χ4v) is 9.74. The fourth-order valence-electron chi connectivity index (χ4n) is 9.74. The van der Waals surface area contributed by atoms with E-state index in [-0.39, 0.29) is 11.3 Å². The summed E-state index contributed by atoms with van der Waals surface area (Å²) in [6.07, 6.45) is 13.8. The minimum absolute atomic E-state index is 0.139. The number of fused-ring (bicyclic) bond motifs is 5. The first-order valence-electron chi connectivity index (χ1n) is 13.4. The van der Waals surface area contributed by atoms with Gasteiger partial charge in [0.05, 0.1) is 29.5 Å². The molecular weight excluding hydrogens is 410 g/mol. The number of nitriles is 1. The number of aromatic nitrogens is 2. The molecule has 0 aliphatic heterocycles. The maximum Gasteiger partial charge on any atom is 0.102 e. The molecule has 5 nitrogen and oxygen atoms in total. The van der Waals surface area contributed by atoms with Crippen LogP contribution in [0.2, 0.25) is 0 Å². The van der Waals surface area contributed by atoms with Crippen LogP contribution in [0, 0.1) is 58.2 Å². The van der Waals surface area contributed by atoms with E-state index >= 15 is 0 Å². The van der Waals surface area contributed by atoms with Crippen LogP contribution in [0.1, 0.15) is 91.0 Å². The van der Waals surface area contributed by atoms with Crippen LogP contribution in [0.15, 0.2) is 12.4 Å². The molecule has 1 aromatic rings. The van der Waals surface area contributed by atoms with Gasteiger partial charge in [-0.2, -0.15) is 10.4 Å².